The lowest BCUT2D eigenvalue weighted by Gasteiger charge is -2.09. The summed E-state index contributed by atoms with van der Waals surface area (Å²) in [6, 6.07) is 7.04. The predicted octanol–water partition coefficient (Wildman–Crippen LogP) is 2.02. The molecule has 12 heteroatoms. The van der Waals surface area contributed by atoms with Crippen molar-refractivity contribution in [2.24, 2.45) is 7.05 Å². The van der Waals surface area contributed by atoms with Gasteiger partial charge in [0.25, 0.3) is 5.56 Å². The molecule has 0 radical (unpaired) electrons. The summed E-state index contributed by atoms with van der Waals surface area (Å²) in [6.07, 6.45) is 1.51. The Hall–Kier alpha value is -4.35. The zero-order valence-corrected chi connectivity index (χ0v) is 20.3. The number of H-pyrrole nitrogens is 1. The molecule has 0 aliphatic carbocycles. The smallest absolute Gasteiger partial charge is 0.332 e. The molecule has 4 heterocycles. The Kier molecular flexibility index (Phi) is 6.08. The van der Waals surface area contributed by atoms with Crippen molar-refractivity contribution in [1.29, 1.82) is 0 Å². The number of benzene rings is 1. The van der Waals surface area contributed by atoms with Gasteiger partial charge in [0.2, 0.25) is 12.7 Å². The molecule has 188 valence electrons. The van der Waals surface area contributed by atoms with Gasteiger partial charge in [-0.25, -0.2) is 9.78 Å². The van der Waals surface area contributed by atoms with Crippen molar-refractivity contribution >= 4 is 22.9 Å². The molecule has 0 unspecified atom stereocenters. The number of hydrogen-bond donors (Lipinski definition) is 2. The van der Waals surface area contributed by atoms with Crippen LogP contribution in [0.1, 0.15) is 32.3 Å². The van der Waals surface area contributed by atoms with E-state index in [9.17, 15) is 14.4 Å². The van der Waals surface area contributed by atoms with Crippen LogP contribution in [0.15, 0.2) is 33.9 Å². The van der Waals surface area contributed by atoms with E-state index in [0.29, 0.717) is 60.4 Å². The number of aryl methyl sites for hydroxylation is 2. The number of nitrogens with zero attached hydrogens (tertiary/aromatic N) is 5. The van der Waals surface area contributed by atoms with Gasteiger partial charge in [-0.1, -0.05) is 19.9 Å². The molecule has 0 spiro atoms. The number of carbonyl (C=O) groups excluding carboxylic acids is 1. The number of anilines is 1. The highest BCUT2D eigenvalue weighted by atomic mass is 16.7. The summed E-state index contributed by atoms with van der Waals surface area (Å²) < 4.78 is 15.0. The lowest BCUT2D eigenvalue weighted by molar-refractivity contribution is -0.115. The molecule has 5 rings (SSSR count). The van der Waals surface area contributed by atoms with E-state index in [4.69, 9.17) is 9.47 Å². The SMILES string of the molecule is CCCn1c(=O)c2[nH]c(-c3cc(NC(=O)Cc4ccc5c(c4)OCO5)nn3C)nc2n(CCC)c1=O. The highest BCUT2D eigenvalue weighted by Crippen LogP contribution is 2.32. The van der Waals surface area contributed by atoms with Gasteiger partial charge in [0, 0.05) is 26.2 Å². The molecule has 36 heavy (non-hydrogen) atoms. The van der Waals surface area contributed by atoms with E-state index < -0.39 is 5.56 Å². The van der Waals surface area contributed by atoms with Crippen LogP contribution >= 0.6 is 0 Å². The second-order valence-electron chi connectivity index (χ2n) is 8.63. The topological polar surface area (TPSA) is 138 Å². The minimum Gasteiger partial charge on any atom is -0.454 e. The molecule has 0 saturated heterocycles. The molecule has 0 fully saturated rings. The molecule has 12 nitrogen and oxygen atoms in total. The fraction of sp³-hybridized carbons (Fsp3) is 0.375. The molecule has 1 aliphatic rings. The largest absolute Gasteiger partial charge is 0.454 e. The lowest BCUT2D eigenvalue weighted by atomic mass is 10.1. The number of imidazole rings is 1. The van der Waals surface area contributed by atoms with Crippen LogP contribution < -0.4 is 26.0 Å². The van der Waals surface area contributed by atoms with Gasteiger partial charge in [0.15, 0.2) is 28.8 Å². The predicted molar refractivity (Wildman–Crippen MR) is 132 cm³/mol. The number of hydrogen-bond acceptors (Lipinski definition) is 7. The Balaban J connectivity index is 1.43. The number of ether oxygens (including phenoxy) is 2. The third kappa shape index (κ3) is 4.14. The average molecular weight is 494 g/mol. The Morgan fingerprint density at radius 3 is 2.61 bits per heavy atom. The maximum atomic E-state index is 13.0. The number of fused-ring (bicyclic) bond motifs is 2. The fourth-order valence-corrected chi connectivity index (χ4v) is 4.31. The summed E-state index contributed by atoms with van der Waals surface area (Å²) in [5, 5.41) is 7.17. The van der Waals surface area contributed by atoms with E-state index in [1.165, 1.54) is 9.13 Å². The van der Waals surface area contributed by atoms with Crippen molar-refractivity contribution in [2.75, 3.05) is 12.1 Å². The number of carbonyl (C=O) groups is 1. The van der Waals surface area contributed by atoms with Crippen molar-refractivity contribution in [2.45, 2.75) is 46.2 Å². The number of aromatic amines is 1. The highest BCUT2D eigenvalue weighted by Gasteiger charge is 2.20. The van der Waals surface area contributed by atoms with E-state index in [0.717, 1.165) is 5.56 Å². The minimum absolute atomic E-state index is 0.132. The van der Waals surface area contributed by atoms with Gasteiger partial charge in [0.1, 0.15) is 11.2 Å². The van der Waals surface area contributed by atoms with Crippen LogP contribution in [0, 0.1) is 0 Å². The lowest BCUT2D eigenvalue weighted by Crippen LogP contribution is -2.40. The summed E-state index contributed by atoms with van der Waals surface area (Å²) in [5.41, 5.74) is 1.15. The number of aromatic nitrogens is 6. The first-order chi connectivity index (χ1) is 17.4. The van der Waals surface area contributed by atoms with Crippen molar-refractivity contribution in [3.8, 4) is 23.0 Å². The maximum absolute atomic E-state index is 13.0. The van der Waals surface area contributed by atoms with Crippen molar-refractivity contribution < 1.29 is 14.3 Å². The van der Waals surface area contributed by atoms with Crippen LogP contribution in [-0.4, -0.2) is 41.6 Å². The molecule has 0 saturated carbocycles. The van der Waals surface area contributed by atoms with Gasteiger partial charge < -0.3 is 19.8 Å². The normalized spacial score (nSPS) is 12.4. The third-order valence-corrected chi connectivity index (χ3v) is 5.95. The Bertz CT molecular complexity index is 1580. The molecule has 4 aromatic rings. The first kappa shape index (κ1) is 23.4. The van der Waals surface area contributed by atoms with E-state index in [-0.39, 0.29) is 30.3 Å². The van der Waals surface area contributed by atoms with E-state index in [2.05, 4.69) is 20.4 Å². The van der Waals surface area contributed by atoms with Gasteiger partial charge in [0.05, 0.1) is 6.42 Å². The van der Waals surface area contributed by atoms with Crippen molar-refractivity contribution in [1.82, 2.24) is 28.9 Å². The van der Waals surface area contributed by atoms with Crippen LogP contribution in [0.3, 0.4) is 0 Å². The van der Waals surface area contributed by atoms with Crippen LogP contribution in [-0.2, 0) is 31.4 Å². The molecule has 1 amide bonds. The van der Waals surface area contributed by atoms with Gasteiger partial charge in [-0.2, -0.15) is 5.10 Å². The molecule has 0 bridgehead atoms. The first-order valence-corrected chi connectivity index (χ1v) is 11.9. The highest BCUT2D eigenvalue weighted by molar-refractivity contribution is 5.92. The number of amides is 1. The Morgan fingerprint density at radius 2 is 1.83 bits per heavy atom. The minimum atomic E-state index is -0.401. The zero-order chi connectivity index (χ0) is 25.4. The van der Waals surface area contributed by atoms with Crippen LogP contribution in [0.5, 0.6) is 11.5 Å². The maximum Gasteiger partial charge on any atom is 0.332 e. The molecule has 3 aromatic heterocycles. The van der Waals surface area contributed by atoms with E-state index >= 15 is 0 Å². The van der Waals surface area contributed by atoms with Crippen LogP contribution in [0.2, 0.25) is 0 Å². The van der Waals surface area contributed by atoms with Gasteiger partial charge in [-0.05, 0) is 30.5 Å². The molecule has 1 aromatic carbocycles. The molecule has 1 aliphatic heterocycles. The second-order valence-corrected chi connectivity index (χ2v) is 8.63. The molecular weight excluding hydrogens is 466 g/mol. The van der Waals surface area contributed by atoms with Crippen molar-refractivity contribution in [3.05, 3.63) is 50.7 Å². The average Bonchev–Trinajstić information content (AvgIpc) is 3.57. The Labute approximate surface area is 205 Å². The van der Waals surface area contributed by atoms with E-state index in [1.807, 2.05) is 19.9 Å². The zero-order valence-electron chi connectivity index (χ0n) is 20.3. The van der Waals surface area contributed by atoms with Gasteiger partial charge >= 0.3 is 5.69 Å². The van der Waals surface area contributed by atoms with E-state index in [1.54, 1.807) is 29.9 Å². The summed E-state index contributed by atoms with van der Waals surface area (Å²) >= 11 is 0. The summed E-state index contributed by atoms with van der Waals surface area (Å²) in [6.45, 7) is 4.81. The number of nitrogens with one attached hydrogen (secondary N) is 2. The van der Waals surface area contributed by atoms with Crippen LogP contribution in [0.25, 0.3) is 22.7 Å². The molecule has 0 atom stereocenters. The summed E-state index contributed by atoms with van der Waals surface area (Å²) in [5.74, 6) is 1.75. The third-order valence-electron chi connectivity index (χ3n) is 5.95. The first-order valence-electron chi connectivity index (χ1n) is 11.9. The Morgan fingerprint density at radius 1 is 1.08 bits per heavy atom. The summed E-state index contributed by atoms with van der Waals surface area (Å²) in [4.78, 5) is 46.2. The van der Waals surface area contributed by atoms with Crippen LogP contribution in [0.4, 0.5) is 5.82 Å². The molecule has 2 N–H and O–H groups in total. The quantitative estimate of drug-likeness (QED) is 0.383. The van der Waals surface area contributed by atoms with Crippen molar-refractivity contribution in [3.63, 3.8) is 0 Å². The fourth-order valence-electron chi connectivity index (χ4n) is 4.31. The standard InChI is InChI=1S/C24H27N7O5/c1-4-8-30-22-20(23(33)31(9-5-2)24(30)34)26-21(27-22)15-12-18(28-29(15)3)25-19(32)11-14-6-7-16-17(10-14)36-13-35-16/h6-7,10,12H,4-5,8-9,11,13H2,1-3H3,(H,26,27)(H,25,28,32). The van der Waals surface area contributed by atoms with Gasteiger partial charge in [-0.15, -0.1) is 0 Å². The van der Waals surface area contributed by atoms with Gasteiger partial charge in [-0.3, -0.25) is 23.4 Å². The molecular formula is C24H27N7O5. The summed E-state index contributed by atoms with van der Waals surface area (Å²) in [7, 11) is 1.71. The number of rotatable bonds is 8. The monoisotopic (exact) mass is 493 g/mol. The second kappa shape index (κ2) is 9.36.